The highest BCUT2D eigenvalue weighted by atomic mass is 28.3. The van der Waals surface area contributed by atoms with Gasteiger partial charge >= 0.3 is 0 Å². The van der Waals surface area contributed by atoms with Crippen LogP contribution in [0.4, 0.5) is 0 Å². The fourth-order valence-electron chi connectivity index (χ4n) is 1.31. The number of aromatic nitrogens is 1. The Hall–Kier alpha value is -1.57. The second-order valence-electron chi connectivity index (χ2n) is 5.47. The molecule has 0 radical (unpaired) electrons. The van der Waals surface area contributed by atoms with Crippen LogP contribution in [0, 0.1) is 11.8 Å². The number of rotatable bonds is 4. The van der Waals surface area contributed by atoms with Crippen LogP contribution in [0.15, 0.2) is 34.9 Å². The third kappa shape index (κ3) is 4.90. The SMILES string of the molecule is C=C(C#CCOCc1cccn(C)c1=O)[Si](C)(C)C. The number of nitrogens with zero attached hydrogens (tertiary/aromatic N) is 1. The van der Waals surface area contributed by atoms with Crippen LogP contribution >= 0.6 is 0 Å². The van der Waals surface area contributed by atoms with Gasteiger partial charge in [0.05, 0.1) is 14.7 Å². The summed E-state index contributed by atoms with van der Waals surface area (Å²) >= 11 is 0. The highest BCUT2D eigenvalue weighted by Gasteiger charge is 2.15. The summed E-state index contributed by atoms with van der Waals surface area (Å²) in [4.78, 5) is 11.7. The molecule has 1 aromatic rings. The molecule has 102 valence electrons. The van der Waals surface area contributed by atoms with Crippen molar-refractivity contribution in [3.63, 3.8) is 0 Å². The summed E-state index contributed by atoms with van der Waals surface area (Å²) in [5.41, 5.74) is 0.623. The van der Waals surface area contributed by atoms with Gasteiger partial charge in [0.2, 0.25) is 0 Å². The van der Waals surface area contributed by atoms with Crippen LogP contribution in [-0.2, 0) is 18.4 Å². The number of hydrogen-bond donors (Lipinski definition) is 0. The predicted octanol–water partition coefficient (Wildman–Crippen LogP) is 2.34. The third-order valence-corrected chi connectivity index (χ3v) is 4.71. The minimum absolute atomic E-state index is 0.0260. The highest BCUT2D eigenvalue weighted by Crippen LogP contribution is 2.10. The molecule has 4 heteroatoms. The van der Waals surface area contributed by atoms with Crippen LogP contribution in [0.5, 0.6) is 0 Å². The molecule has 0 spiro atoms. The van der Waals surface area contributed by atoms with Gasteiger partial charge in [-0.05, 0) is 17.3 Å². The van der Waals surface area contributed by atoms with Crippen molar-refractivity contribution in [1.82, 2.24) is 4.57 Å². The number of aryl methyl sites for hydroxylation is 1. The predicted molar refractivity (Wildman–Crippen MR) is 81.6 cm³/mol. The number of allylic oxidation sites excluding steroid dienone is 1. The summed E-state index contributed by atoms with van der Waals surface area (Å²) in [5.74, 6) is 5.99. The summed E-state index contributed by atoms with van der Waals surface area (Å²) in [7, 11) is 0.348. The number of hydrogen-bond acceptors (Lipinski definition) is 2. The van der Waals surface area contributed by atoms with Crippen molar-refractivity contribution < 1.29 is 4.74 Å². The van der Waals surface area contributed by atoms with Gasteiger partial charge in [-0.3, -0.25) is 4.79 Å². The van der Waals surface area contributed by atoms with Crippen LogP contribution < -0.4 is 5.56 Å². The van der Waals surface area contributed by atoms with E-state index in [1.54, 1.807) is 19.3 Å². The van der Waals surface area contributed by atoms with E-state index in [0.29, 0.717) is 18.8 Å². The van der Waals surface area contributed by atoms with E-state index in [4.69, 9.17) is 4.74 Å². The second-order valence-corrected chi connectivity index (χ2v) is 10.6. The van der Waals surface area contributed by atoms with Crippen molar-refractivity contribution >= 4 is 8.07 Å². The van der Waals surface area contributed by atoms with E-state index in [1.165, 1.54) is 4.57 Å². The molecule has 0 amide bonds. The fraction of sp³-hybridized carbons (Fsp3) is 0.400. The van der Waals surface area contributed by atoms with Gasteiger partial charge in [0.15, 0.2) is 0 Å². The molecule has 0 fully saturated rings. The molecule has 0 saturated heterocycles. The molecule has 0 unspecified atom stereocenters. The molecule has 1 aromatic heterocycles. The third-order valence-electron chi connectivity index (χ3n) is 2.78. The minimum atomic E-state index is -1.38. The topological polar surface area (TPSA) is 31.2 Å². The first-order valence-corrected chi connectivity index (χ1v) is 9.73. The summed E-state index contributed by atoms with van der Waals surface area (Å²) < 4.78 is 6.95. The van der Waals surface area contributed by atoms with E-state index in [0.717, 1.165) is 5.20 Å². The maximum absolute atomic E-state index is 11.7. The van der Waals surface area contributed by atoms with Crippen molar-refractivity contribution in [3.8, 4) is 11.8 Å². The summed E-state index contributed by atoms with van der Waals surface area (Å²) in [6.45, 7) is 11.2. The van der Waals surface area contributed by atoms with Crippen molar-refractivity contribution in [1.29, 1.82) is 0 Å². The van der Waals surface area contributed by atoms with Gasteiger partial charge in [-0.2, -0.15) is 0 Å². The average Bonchev–Trinajstić information content (AvgIpc) is 2.32. The van der Waals surface area contributed by atoms with E-state index in [9.17, 15) is 4.79 Å². The van der Waals surface area contributed by atoms with Crippen LogP contribution in [0.2, 0.25) is 19.6 Å². The largest absolute Gasteiger partial charge is 0.364 e. The number of ether oxygens (including phenoxy) is 1. The summed E-state index contributed by atoms with van der Waals surface area (Å²) in [5, 5.41) is 1.02. The Morgan fingerprint density at radius 3 is 2.79 bits per heavy atom. The lowest BCUT2D eigenvalue weighted by molar-refractivity contribution is 0.152. The molecule has 0 atom stereocenters. The molecule has 3 nitrogen and oxygen atoms in total. The molecular weight excluding hydrogens is 254 g/mol. The molecule has 0 bridgehead atoms. The van der Waals surface area contributed by atoms with Gasteiger partial charge in [-0.25, -0.2) is 0 Å². The van der Waals surface area contributed by atoms with Gasteiger partial charge in [0.25, 0.3) is 5.56 Å². The zero-order valence-corrected chi connectivity index (χ0v) is 13.1. The van der Waals surface area contributed by atoms with Gasteiger partial charge in [0.1, 0.15) is 6.61 Å². The summed E-state index contributed by atoms with van der Waals surface area (Å²) in [6, 6.07) is 3.61. The Morgan fingerprint density at radius 2 is 2.16 bits per heavy atom. The number of pyridine rings is 1. The zero-order valence-electron chi connectivity index (χ0n) is 12.1. The zero-order chi connectivity index (χ0) is 14.5. The minimum Gasteiger partial charge on any atom is -0.364 e. The van der Waals surface area contributed by atoms with Gasteiger partial charge in [-0.15, -0.1) is 0 Å². The van der Waals surface area contributed by atoms with Crippen molar-refractivity contribution in [3.05, 3.63) is 46.0 Å². The van der Waals surface area contributed by atoms with Crippen LogP contribution in [0.3, 0.4) is 0 Å². The van der Waals surface area contributed by atoms with Crippen molar-refractivity contribution in [2.45, 2.75) is 26.2 Å². The van der Waals surface area contributed by atoms with Crippen LogP contribution in [0.25, 0.3) is 0 Å². The lowest BCUT2D eigenvalue weighted by Gasteiger charge is -2.13. The maximum Gasteiger partial charge on any atom is 0.255 e. The quantitative estimate of drug-likeness (QED) is 0.480. The molecule has 0 saturated carbocycles. The van der Waals surface area contributed by atoms with Crippen molar-refractivity contribution in [2.75, 3.05) is 6.61 Å². The van der Waals surface area contributed by atoms with Crippen molar-refractivity contribution in [2.24, 2.45) is 7.05 Å². The van der Waals surface area contributed by atoms with E-state index in [1.807, 2.05) is 6.07 Å². The molecule has 0 aliphatic rings. The van der Waals surface area contributed by atoms with Crippen LogP contribution in [0.1, 0.15) is 5.56 Å². The van der Waals surface area contributed by atoms with Crippen LogP contribution in [-0.4, -0.2) is 19.2 Å². The Balaban J connectivity index is 2.49. The van der Waals surface area contributed by atoms with E-state index in [-0.39, 0.29) is 5.56 Å². The molecule has 0 aliphatic carbocycles. The average molecular weight is 275 g/mol. The summed E-state index contributed by atoms with van der Waals surface area (Å²) in [6.07, 6.45) is 1.73. The van der Waals surface area contributed by atoms with E-state index in [2.05, 4.69) is 38.1 Å². The molecule has 19 heavy (non-hydrogen) atoms. The highest BCUT2D eigenvalue weighted by molar-refractivity contribution is 6.84. The normalized spacial score (nSPS) is 10.7. The molecule has 0 N–H and O–H groups in total. The lowest BCUT2D eigenvalue weighted by Crippen LogP contribution is -2.22. The van der Waals surface area contributed by atoms with Gasteiger partial charge < -0.3 is 9.30 Å². The van der Waals surface area contributed by atoms with Gasteiger partial charge in [-0.1, -0.05) is 38.1 Å². The molecule has 1 heterocycles. The molecule has 0 aromatic carbocycles. The fourth-order valence-corrected chi connectivity index (χ4v) is 1.77. The smallest absolute Gasteiger partial charge is 0.255 e. The maximum atomic E-state index is 11.7. The Morgan fingerprint density at radius 1 is 1.47 bits per heavy atom. The molecular formula is C15H21NO2Si. The lowest BCUT2D eigenvalue weighted by atomic mass is 10.3. The first kappa shape index (κ1) is 15.5. The molecule has 0 aliphatic heterocycles. The Bertz CT molecular complexity index is 570. The Labute approximate surface area is 115 Å². The first-order chi connectivity index (χ1) is 8.82. The van der Waals surface area contributed by atoms with E-state index < -0.39 is 8.07 Å². The Kier molecular flexibility index (Phi) is 5.34. The monoisotopic (exact) mass is 275 g/mol. The second kappa shape index (κ2) is 6.55. The first-order valence-electron chi connectivity index (χ1n) is 6.23. The standard InChI is InChI=1S/C15H21NO2Si/c1-13(19(3,4)5)8-7-11-18-12-14-9-6-10-16(2)15(14)17/h6,9-10H,1,11-12H2,2-5H3. The van der Waals surface area contributed by atoms with Gasteiger partial charge in [0, 0.05) is 18.8 Å². The van der Waals surface area contributed by atoms with E-state index >= 15 is 0 Å². The molecule has 1 rings (SSSR count).